The molecule has 0 saturated heterocycles. The van der Waals surface area contributed by atoms with Crippen molar-refractivity contribution in [1.82, 2.24) is 0 Å². The van der Waals surface area contributed by atoms with Crippen molar-refractivity contribution in [1.29, 1.82) is 0 Å². The highest BCUT2D eigenvalue weighted by molar-refractivity contribution is 6.64. The van der Waals surface area contributed by atoms with Crippen LogP contribution in [0.25, 0.3) is 0 Å². The summed E-state index contributed by atoms with van der Waals surface area (Å²) in [7, 11) is 0. The second-order valence-electron chi connectivity index (χ2n) is 4.49. The van der Waals surface area contributed by atoms with E-state index in [1.54, 1.807) is 25.1 Å². The zero-order chi connectivity index (χ0) is 13.4. The third-order valence-electron chi connectivity index (χ3n) is 3.47. The Hall–Kier alpha value is -1.46. The summed E-state index contributed by atoms with van der Waals surface area (Å²) in [5, 5.41) is -1.99. The van der Waals surface area contributed by atoms with Crippen LogP contribution in [0.4, 0.5) is 12.9 Å². The third-order valence-corrected chi connectivity index (χ3v) is 3.47. The highest BCUT2D eigenvalue weighted by atomic mass is 19.4. The van der Waals surface area contributed by atoms with Crippen LogP contribution in [0, 0.1) is 5.92 Å². The van der Waals surface area contributed by atoms with E-state index < -0.39 is 24.2 Å². The quantitative estimate of drug-likeness (QED) is 0.612. The van der Waals surface area contributed by atoms with Crippen LogP contribution in [0.5, 0.6) is 0 Å². The molecule has 0 aromatic heterocycles. The fourth-order valence-electron chi connectivity index (χ4n) is 2.43. The van der Waals surface area contributed by atoms with Crippen LogP contribution >= 0.6 is 0 Å². The molecular formula is C12H13BF3O2-. The van der Waals surface area contributed by atoms with Crippen molar-refractivity contribution < 1.29 is 22.5 Å². The summed E-state index contributed by atoms with van der Waals surface area (Å²) in [6, 6.07) is 7.62. The second kappa shape index (κ2) is 4.33. The monoisotopic (exact) mass is 257 g/mol. The van der Waals surface area contributed by atoms with E-state index in [4.69, 9.17) is 4.74 Å². The van der Waals surface area contributed by atoms with Crippen molar-refractivity contribution in [2.75, 3.05) is 6.61 Å². The lowest BCUT2D eigenvalue weighted by Gasteiger charge is -2.28. The summed E-state index contributed by atoms with van der Waals surface area (Å²) >= 11 is 0. The highest BCUT2D eigenvalue weighted by Gasteiger charge is 2.69. The number of halogens is 3. The molecule has 2 unspecified atom stereocenters. The van der Waals surface area contributed by atoms with Gasteiger partial charge in [-0.3, -0.25) is 4.79 Å². The minimum absolute atomic E-state index is 0.102. The molecule has 1 fully saturated rings. The first kappa shape index (κ1) is 13.0. The molecule has 0 bridgehead atoms. The van der Waals surface area contributed by atoms with Gasteiger partial charge in [0.15, 0.2) is 0 Å². The standard InChI is InChI=1S/C12H13BF3O2/c1-2-18-11(17)10-8-12(10,13(14,15)16)9-6-4-3-5-7-9/h3-7,10H,2,8H2,1H3/q-1. The average molecular weight is 257 g/mol. The Kier molecular flexibility index (Phi) is 3.13. The smallest absolute Gasteiger partial charge is 0.466 e. The van der Waals surface area contributed by atoms with Gasteiger partial charge in [0, 0.05) is 5.92 Å². The molecule has 18 heavy (non-hydrogen) atoms. The van der Waals surface area contributed by atoms with Crippen molar-refractivity contribution in [2.45, 2.75) is 18.7 Å². The molecule has 1 saturated carbocycles. The third kappa shape index (κ3) is 1.89. The Morgan fingerprint density at radius 2 is 2.00 bits per heavy atom. The van der Waals surface area contributed by atoms with Crippen molar-refractivity contribution in [2.24, 2.45) is 5.92 Å². The maximum Gasteiger partial charge on any atom is 0.489 e. The van der Waals surface area contributed by atoms with Crippen LogP contribution in [0.2, 0.25) is 0 Å². The van der Waals surface area contributed by atoms with Crippen molar-refractivity contribution in [3.8, 4) is 0 Å². The number of ether oxygens (including phenoxy) is 1. The Bertz CT molecular complexity index is 446. The molecule has 0 N–H and O–H groups in total. The lowest BCUT2D eigenvalue weighted by molar-refractivity contribution is -0.145. The van der Waals surface area contributed by atoms with Gasteiger partial charge in [-0.1, -0.05) is 42.3 Å². The number of esters is 1. The van der Waals surface area contributed by atoms with Gasteiger partial charge in [-0.05, 0) is 12.2 Å². The maximum atomic E-state index is 13.3. The normalized spacial score (nSPS) is 26.8. The summed E-state index contributed by atoms with van der Waals surface area (Å²) in [6.07, 6.45) is -0.195. The first-order valence-corrected chi connectivity index (χ1v) is 5.85. The molecule has 6 heteroatoms. The van der Waals surface area contributed by atoms with Gasteiger partial charge in [0.1, 0.15) is 0 Å². The van der Waals surface area contributed by atoms with E-state index in [0.29, 0.717) is 0 Å². The van der Waals surface area contributed by atoms with E-state index in [-0.39, 0.29) is 18.6 Å². The van der Waals surface area contributed by atoms with Crippen molar-refractivity contribution >= 4 is 12.9 Å². The molecule has 2 rings (SSSR count). The van der Waals surface area contributed by atoms with E-state index in [1.165, 1.54) is 12.1 Å². The fraction of sp³-hybridized carbons (Fsp3) is 0.417. The van der Waals surface area contributed by atoms with Gasteiger partial charge in [-0.2, -0.15) is 0 Å². The highest BCUT2D eigenvalue weighted by Crippen LogP contribution is 2.61. The van der Waals surface area contributed by atoms with Gasteiger partial charge < -0.3 is 17.7 Å². The lowest BCUT2D eigenvalue weighted by Crippen LogP contribution is -2.38. The largest absolute Gasteiger partial charge is 0.489 e. The number of benzene rings is 1. The summed E-state index contributed by atoms with van der Waals surface area (Å²) in [5.41, 5.74) is 0.163. The Balaban J connectivity index is 2.33. The summed E-state index contributed by atoms with van der Waals surface area (Å²) < 4.78 is 44.6. The average Bonchev–Trinajstić information content (AvgIpc) is 3.06. The molecule has 0 spiro atoms. The van der Waals surface area contributed by atoms with Crippen LogP contribution in [0.3, 0.4) is 0 Å². The van der Waals surface area contributed by atoms with E-state index in [0.717, 1.165) is 0 Å². The topological polar surface area (TPSA) is 26.3 Å². The molecule has 0 aliphatic heterocycles. The van der Waals surface area contributed by atoms with Gasteiger partial charge in [-0.15, -0.1) is 0 Å². The molecule has 2 atom stereocenters. The van der Waals surface area contributed by atoms with Gasteiger partial charge in [0.05, 0.1) is 6.61 Å². The molecule has 1 aliphatic rings. The molecule has 98 valence electrons. The van der Waals surface area contributed by atoms with Gasteiger partial charge in [0.2, 0.25) is 0 Å². The molecule has 1 aromatic carbocycles. The Morgan fingerprint density at radius 3 is 2.50 bits per heavy atom. The van der Waals surface area contributed by atoms with Crippen LogP contribution < -0.4 is 0 Å². The number of carbonyl (C=O) groups excluding carboxylic acids is 1. The molecule has 0 radical (unpaired) electrons. The van der Waals surface area contributed by atoms with Gasteiger partial charge in [-0.25, -0.2) is 0 Å². The van der Waals surface area contributed by atoms with Crippen molar-refractivity contribution in [3.05, 3.63) is 35.9 Å². The van der Waals surface area contributed by atoms with Crippen LogP contribution in [0.15, 0.2) is 30.3 Å². The zero-order valence-electron chi connectivity index (χ0n) is 9.91. The first-order chi connectivity index (χ1) is 8.43. The zero-order valence-corrected chi connectivity index (χ0v) is 9.91. The van der Waals surface area contributed by atoms with E-state index >= 15 is 0 Å². The fourth-order valence-corrected chi connectivity index (χ4v) is 2.43. The molecule has 1 aliphatic carbocycles. The van der Waals surface area contributed by atoms with E-state index in [2.05, 4.69) is 0 Å². The molecule has 0 heterocycles. The Labute approximate surface area is 103 Å². The minimum atomic E-state index is -5.13. The number of hydrogen-bond acceptors (Lipinski definition) is 2. The molecule has 2 nitrogen and oxygen atoms in total. The Morgan fingerprint density at radius 1 is 1.39 bits per heavy atom. The van der Waals surface area contributed by atoms with Crippen LogP contribution in [-0.2, 0) is 14.8 Å². The predicted molar refractivity (Wildman–Crippen MR) is 61.9 cm³/mol. The molecular weight excluding hydrogens is 244 g/mol. The lowest BCUT2D eigenvalue weighted by atomic mass is 9.63. The minimum Gasteiger partial charge on any atom is -0.466 e. The summed E-state index contributed by atoms with van der Waals surface area (Å²) in [4.78, 5) is 11.5. The van der Waals surface area contributed by atoms with Crippen LogP contribution in [-0.4, -0.2) is 19.6 Å². The second-order valence-corrected chi connectivity index (χ2v) is 4.49. The summed E-state index contributed by atoms with van der Waals surface area (Å²) in [6.45, 7) is -3.44. The van der Waals surface area contributed by atoms with Gasteiger partial charge >= 0.3 is 12.9 Å². The maximum absolute atomic E-state index is 13.3. The number of carbonyl (C=O) groups is 1. The van der Waals surface area contributed by atoms with Crippen LogP contribution in [0.1, 0.15) is 18.9 Å². The van der Waals surface area contributed by atoms with Gasteiger partial charge in [0.25, 0.3) is 0 Å². The summed E-state index contributed by atoms with van der Waals surface area (Å²) in [5.74, 6) is -1.83. The predicted octanol–water partition coefficient (Wildman–Crippen LogP) is 2.89. The molecule has 1 aromatic rings. The first-order valence-electron chi connectivity index (χ1n) is 5.85. The SMILES string of the molecule is CCOC(=O)C1CC1(c1ccccc1)[B-](F)(F)F. The number of rotatable bonds is 4. The van der Waals surface area contributed by atoms with E-state index in [1.807, 2.05) is 0 Å². The molecule has 0 amide bonds. The van der Waals surface area contributed by atoms with Crippen molar-refractivity contribution in [3.63, 3.8) is 0 Å². The van der Waals surface area contributed by atoms with E-state index in [9.17, 15) is 17.7 Å². The number of hydrogen-bond donors (Lipinski definition) is 0.